The molecule has 2 saturated carbocycles. The third-order valence-corrected chi connectivity index (χ3v) is 9.41. The van der Waals surface area contributed by atoms with Crippen LogP contribution in [0.5, 0.6) is 0 Å². The number of allylic oxidation sites excluding steroid dienone is 1. The number of aliphatic hydroxyl groups excluding tert-OH is 1. The molecule has 0 aromatic rings. The first-order valence-electron chi connectivity index (χ1n) is 12.7. The summed E-state index contributed by atoms with van der Waals surface area (Å²) in [7, 11) is 0. The molecule has 2 heterocycles. The molecule has 0 aromatic heterocycles. The van der Waals surface area contributed by atoms with Crippen LogP contribution in [0.25, 0.3) is 0 Å². The Kier molecular flexibility index (Phi) is 6.92. The fourth-order valence-electron chi connectivity index (χ4n) is 7.01. The van der Waals surface area contributed by atoms with E-state index in [1.807, 2.05) is 0 Å². The van der Waals surface area contributed by atoms with Crippen molar-refractivity contribution in [3.63, 3.8) is 0 Å². The Bertz CT molecular complexity index is 947. The lowest BCUT2D eigenvalue weighted by molar-refractivity contribution is -0.245. The van der Waals surface area contributed by atoms with E-state index in [-0.39, 0.29) is 29.8 Å². The van der Waals surface area contributed by atoms with Crippen LogP contribution in [-0.2, 0) is 33.3 Å². The Morgan fingerprint density at radius 3 is 2.57 bits per heavy atom. The van der Waals surface area contributed by atoms with E-state index in [0.717, 1.165) is 12.0 Å². The number of hydrogen-bond donors (Lipinski definition) is 1. The number of aliphatic hydroxyl groups is 1. The molecule has 4 aliphatic rings. The molecule has 7 atom stereocenters. The molecule has 8 heteroatoms. The van der Waals surface area contributed by atoms with E-state index in [4.69, 9.17) is 18.9 Å². The summed E-state index contributed by atoms with van der Waals surface area (Å²) in [6.07, 6.45) is 5.32. The van der Waals surface area contributed by atoms with Gasteiger partial charge in [0.25, 0.3) is 0 Å². The summed E-state index contributed by atoms with van der Waals surface area (Å²) in [5.41, 5.74) is -0.566. The zero-order chi connectivity index (χ0) is 25.6. The second-order valence-electron chi connectivity index (χ2n) is 11.1. The molecule has 0 radical (unpaired) electrons. The Morgan fingerprint density at radius 1 is 1.29 bits per heavy atom. The summed E-state index contributed by atoms with van der Waals surface area (Å²) >= 11 is 0. The maximum atomic E-state index is 12.7. The van der Waals surface area contributed by atoms with Crippen molar-refractivity contribution in [2.24, 2.45) is 22.7 Å². The SMILES string of the molecule is C/C=C(\C)C(=O)OC[C@@]12[C@@H](OC(C)=O)C[C@@H](C)[C@](C)(CCC3=CC(=O)OC3)[C@H]1CC[C@H](O)[C@]21CO1. The van der Waals surface area contributed by atoms with Gasteiger partial charge >= 0.3 is 17.9 Å². The summed E-state index contributed by atoms with van der Waals surface area (Å²) in [5, 5.41) is 11.2. The Labute approximate surface area is 207 Å². The van der Waals surface area contributed by atoms with Crippen LogP contribution in [0.4, 0.5) is 0 Å². The monoisotopic (exact) mass is 490 g/mol. The average Bonchev–Trinajstić information content (AvgIpc) is 3.51. The summed E-state index contributed by atoms with van der Waals surface area (Å²) < 4.78 is 23.0. The maximum absolute atomic E-state index is 12.7. The first kappa shape index (κ1) is 25.9. The van der Waals surface area contributed by atoms with E-state index in [1.165, 1.54) is 6.92 Å². The Hall–Kier alpha value is -2.19. The van der Waals surface area contributed by atoms with E-state index in [9.17, 15) is 19.5 Å². The molecule has 1 spiro atoms. The zero-order valence-corrected chi connectivity index (χ0v) is 21.4. The first-order chi connectivity index (χ1) is 16.5. The number of carbonyl (C=O) groups is 3. The maximum Gasteiger partial charge on any atom is 0.333 e. The van der Waals surface area contributed by atoms with Gasteiger partial charge in [0.1, 0.15) is 24.9 Å². The molecule has 0 unspecified atom stereocenters. The fourth-order valence-corrected chi connectivity index (χ4v) is 7.01. The molecule has 0 amide bonds. The molecule has 0 bridgehead atoms. The highest BCUT2D eigenvalue weighted by molar-refractivity contribution is 5.87. The number of rotatable bonds is 7. The Balaban J connectivity index is 1.75. The quantitative estimate of drug-likeness (QED) is 0.251. The van der Waals surface area contributed by atoms with Gasteiger partial charge in [-0.3, -0.25) is 4.79 Å². The second-order valence-corrected chi connectivity index (χ2v) is 11.1. The van der Waals surface area contributed by atoms with Crippen LogP contribution in [0.3, 0.4) is 0 Å². The highest BCUT2D eigenvalue weighted by Gasteiger charge is 2.77. The molecule has 194 valence electrons. The van der Waals surface area contributed by atoms with Crippen LogP contribution in [0.2, 0.25) is 0 Å². The normalized spacial score (nSPS) is 40.6. The van der Waals surface area contributed by atoms with Crippen molar-refractivity contribution in [2.45, 2.75) is 84.5 Å². The van der Waals surface area contributed by atoms with E-state index in [0.29, 0.717) is 44.5 Å². The van der Waals surface area contributed by atoms with Crippen LogP contribution in [0.15, 0.2) is 23.3 Å². The van der Waals surface area contributed by atoms with E-state index in [1.54, 1.807) is 26.0 Å². The third kappa shape index (κ3) is 4.22. The van der Waals surface area contributed by atoms with Crippen molar-refractivity contribution in [3.8, 4) is 0 Å². The largest absolute Gasteiger partial charge is 0.462 e. The molecule has 2 aliphatic carbocycles. The van der Waals surface area contributed by atoms with Crippen molar-refractivity contribution >= 4 is 17.9 Å². The molecular weight excluding hydrogens is 452 g/mol. The van der Waals surface area contributed by atoms with E-state index >= 15 is 0 Å². The highest BCUT2D eigenvalue weighted by atomic mass is 16.6. The van der Waals surface area contributed by atoms with Crippen molar-refractivity contribution in [1.29, 1.82) is 0 Å². The van der Waals surface area contributed by atoms with Crippen LogP contribution in [-0.4, -0.2) is 60.6 Å². The molecule has 1 N–H and O–H groups in total. The molecule has 3 fully saturated rings. The van der Waals surface area contributed by atoms with E-state index in [2.05, 4.69) is 13.8 Å². The van der Waals surface area contributed by atoms with Gasteiger partial charge in [-0.15, -0.1) is 0 Å². The predicted octanol–water partition coefficient (Wildman–Crippen LogP) is 3.26. The number of fused-ring (bicyclic) bond motifs is 2. The molecule has 2 aliphatic heterocycles. The number of carbonyl (C=O) groups excluding carboxylic acids is 3. The van der Waals surface area contributed by atoms with E-state index < -0.39 is 35.2 Å². The van der Waals surface area contributed by atoms with Gasteiger partial charge in [0, 0.05) is 18.6 Å². The summed E-state index contributed by atoms with van der Waals surface area (Å²) in [6, 6.07) is 0. The average molecular weight is 491 g/mol. The van der Waals surface area contributed by atoms with Crippen LogP contribution in [0, 0.1) is 22.7 Å². The van der Waals surface area contributed by atoms with Crippen LogP contribution in [0.1, 0.15) is 66.7 Å². The van der Waals surface area contributed by atoms with Gasteiger partial charge < -0.3 is 24.1 Å². The number of epoxide rings is 1. The Morgan fingerprint density at radius 2 is 2.00 bits per heavy atom. The standard InChI is InChI=1S/C27H38O8/c1-6-16(2)24(31)33-14-26-20(7-8-21(29)27(26)15-34-27)25(5,10-9-19-12-23(30)32-13-19)17(3)11-22(26)35-18(4)28/h6,12,17,20-22,29H,7-11,13-15H2,1-5H3/b16-6+/t17-,20-,21+,22+,25+,26+,27-/m1/s1. The smallest absolute Gasteiger partial charge is 0.333 e. The minimum absolute atomic E-state index is 0.00326. The van der Waals surface area contributed by atoms with Gasteiger partial charge in [-0.25, -0.2) is 9.59 Å². The summed E-state index contributed by atoms with van der Waals surface area (Å²) in [5.74, 6) is -0.981. The number of cyclic esters (lactones) is 1. The zero-order valence-electron chi connectivity index (χ0n) is 21.4. The summed E-state index contributed by atoms with van der Waals surface area (Å²) in [4.78, 5) is 36.6. The molecule has 8 nitrogen and oxygen atoms in total. The van der Waals surface area contributed by atoms with Gasteiger partial charge in [-0.05, 0) is 68.8 Å². The van der Waals surface area contributed by atoms with Crippen molar-refractivity contribution in [2.75, 3.05) is 19.8 Å². The van der Waals surface area contributed by atoms with Gasteiger partial charge in [0.05, 0.1) is 18.1 Å². The molecule has 35 heavy (non-hydrogen) atoms. The van der Waals surface area contributed by atoms with Crippen LogP contribution >= 0.6 is 0 Å². The fraction of sp³-hybridized carbons (Fsp3) is 0.741. The van der Waals surface area contributed by atoms with Gasteiger partial charge in [-0.2, -0.15) is 0 Å². The van der Waals surface area contributed by atoms with Crippen LogP contribution < -0.4 is 0 Å². The van der Waals surface area contributed by atoms with Gasteiger partial charge in [0.15, 0.2) is 0 Å². The van der Waals surface area contributed by atoms with Crippen molar-refractivity contribution in [1.82, 2.24) is 0 Å². The minimum atomic E-state index is -0.923. The predicted molar refractivity (Wildman–Crippen MR) is 126 cm³/mol. The first-order valence-corrected chi connectivity index (χ1v) is 12.7. The third-order valence-electron chi connectivity index (χ3n) is 9.41. The second kappa shape index (κ2) is 9.36. The summed E-state index contributed by atoms with van der Waals surface area (Å²) in [6.45, 7) is 9.94. The van der Waals surface area contributed by atoms with Crippen molar-refractivity contribution in [3.05, 3.63) is 23.3 Å². The molecule has 4 rings (SSSR count). The van der Waals surface area contributed by atoms with Gasteiger partial charge in [-0.1, -0.05) is 19.9 Å². The number of hydrogen-bond acceptors (Lipinski definition) is 8. The molecule has 0 aromatic carbocycles. The lowest BCUT2D eigenvalue weighted by Gasteiger charge is -2.63. The topological polar surface area (TPSA) is 112 Å². The minimum Gasteiger partial charge on any atom is -0.462 e. The number of esters is 3. The molecular formula is C27H38O8. The number of ether oxygens (including phenoxy) is 4. The molecule has 1 saturated heterocycles. The van der Waals surface area contributed by atoms with Gasteiger partial charge in [0.2, 0.25) is 0 Å². The highest BCUT2D eigenvalue weighted by Crippen LogP contribution is 2.69. The lowest BCUT2D eigenvalue weighted by Crippen LogP contribution is -2.70. The lowest BCUT2D eigenvalue weighted by atomic mass is 9.42. The van der Waals surface area contributed by atoms with Crippen molar-refractivity contribution < 1.29 is 38.4 Å².